The molecular formula is C11H13NO4. The first kappa shape index (κ1) is 10.5. The minimum atomic E-state index is -1.34. The summed E-state index contributed by atoms with van der Waals surface area (Å²) in [5.74, 6) is -1.86. The molecule has 0 fully saturated rings. The average Bonchev–Trinajstić information content (AvgIpc) is 2.24. The highest BCUT2D eigenvalue weighted by Gasteiger charge is 2.18. The van der Waals surface area contributed by atoms with Gasteiger partial charge in [0.1, 0.15) is 11.8 Å². The van der Waals surface area contributed by atoms with Crippen molar-refractivity contribution in [1.82, 2.24) is 5.32 Å². The van der Waals surface area contributed by atoms with E-state index in [1.54, 1.807) is 0 Å². The van der Waals surface area contributed by atoms with E-state index in [4.69, 9.17) is 6.48 Å². The first-order valence-electron chi connectivity index (χ1n) is 5.20. The third-order valence-electron chi connectivity index (χ3n) is 1.85. The predicted molar refractivity (Wildman–Crippen MR) is 57.1 cm³/mol. The largest absolute Gasteiger partial charge is 0.508 e. The van der Waals surface area contributed by atoms with Crippen LogP contribution < -0.4 is 5.32 Å². The zero-order chi connectivity index (χ0) is 13.0. The van der Waals surface area contributed by atoms with Crippen LogP contribution >= 0.6 is 0 Å². The van der Waals surface area contributed by atoms with Gasteiger partial charge in [-0.05, 0) is 17.7 Å². The van der Waals surface area contributed by atoms with Crippen molar-refractivity contribution in [3.63, 3.8) is 0 Å². The van der Waals surface area contributed by atoms with E-state index in [9.17, 15) is 14.7 Å². The second-order valence-electron chi connectivity index (χ2n) is 3.28. The minimum Gasteiger partial charge on any atom is -0.508 e. The van der Waals surface area contributed by atoms with Crippen LogP contribution in [0.2, 0.25) is 0 Å². The number of aliphatic carboxylic acids is 1. The number of phenols is 1. The third-order valence-corrected chi connectivity index (χ3v) is 1.85. The standard InChI is InChI=1S/C11H13NO4/c1-7(13)12-10(11(15)16)6-8-3-2-4-9(14)5-8/h2-5,10,14H,6H2,1H3,(H,12,13)(H,15,16)/t10-/m0/s1/i6D/t6-,10-. The maximum absolute atomic E-state index is 10.9. The maximum atomic E-state index is 10.9. The molecule has 0 radical (unpaired) electrons. The highest BCUT2D eigenvalue weighted by molar-refractivity contribution is 5.82. The second kappa shape index (κ2) is 5.16. The topological polar surface area (TPSA) is 86.6 Å². The van der Waals surface area contributed by atoms with Gasteiger partial charge in [-0.25, -0.2) is 4.79 Å². The Morgan fingerprint density at radius 2 is 2.25 bits per heavy atom. The van der Waals surface area contributed by atoms with Crippen molar-refractivity contribution < 1.29 is 21.2 Å². The smallest absolute Gasteiger partial charge is 0.326 e. The molecule has 0 aromatic heterocycles. The van der Waals surface area contributed by atoms with Gasteiger partial charge in [-0.15, -0.1) is 0 Å². The van der Waals surface area contributed by atoms with Crippen LogP contribution in [0.15, 0.2) is 24.3 Å². The Morgan fingerprint density at radius 3 is 2.75 bits per heavy atom. The molecule has 1 aromatic carbocycles. The Kier molecular flexibility index (Phi) is 3.38. The Bertz CT molecular complexity index is 435. The van der Waals surface area contributed by atoms with Crippen molar-refractivity contribution >= 4 is 11.9 Å². The number of hydrogen-bond acceptors (Lipinski definition) is 3. The molecule has 0 saturated carbocycles. The van der Waals surface area contributed by atoms with Gasteiger partial charge < -0.3 is 15.5 Å². The van der Waals surface area contributed by atoms with Crippen molar-refractivity contribution in [1.29, 1.82) is 0 Å². The first-order valence-corrected chi connectivity index (χ1v) is 4.63. The molecule has 0 saturated heterocycles. The summed E-state index contributed by atoms with van der Waals surface area (Å²) in [6.45, 7) is 1.19. The van der Waals surface area contributed by atoms with E-state index in [1.807, 2.05) is 0 Å². The van der Waals surface area contributed by atoms with Crippen molar-refractivity contribution in [2.24, 2.45) is 0 Å². The molecule has 0 bridgehead atoms. The van der Waals surface area contributed by atoms with Gasteiger partial charge in [0.15, 0.2) is 0 Å². The summed E-state index contributed by atoms with van der Waals surface area (Å²) in [6.07, 6.45) is -1.18. The monoisotopic (exact) mass is 224 g/mol. The number of nitrogens with one attached hydrogen (secondary N) is 1. The molecule has 1 amide bonds. The summed E-state index contributed by atoms with van der Waals surface area (Å²) in [5, 5.41) is 20.4. The van der Waals surface area contributed by atoms with E-state index < -0.39 is 24.3 Å². The molecule has 86 valence electrons. The Hall–Kier alpha value is -2.04. The Labute approximate surface area is 94.1 Å². The number of carbonyl (C=O) groups excluding carboxylic acids is 1. The van der Waals surface area contributed by atoms with E-state index in [0.717, 1.165) is 0 Å². The van der Waals surface area contributed by atoms with Crippen LogP contribution in [0.1, 0.15) is 13.9 Å². The minimum absolute atomic E-state index is 0.0493. The summed E-state index contributed by atoms with van der Waals surface area (Å²) >= 11 is 0. The molecule has 5 nitrogen and oxygen atoms in total. The molecule has 0 unspecified atom stereocenters. The highest BCUT2D eigenvalue weighted by atomic mass is 16.4. The number of rotatable bonds is 4. The summed E-state index contributed by atoms with van der Waals surface area (Å²) in [5.41, 5.74) is 0.325. The molecule has 0 aliphatic carbocycles. The molecule has 0 aliphatic rings. The molecule has 5 heteroatoms. The molecule has 3 N–H and O–H groups in total. The summed E-state index contributed by atoms with van der Waals surface area (Å²) in [7, 11) is 0. The number of carboxylic acid groups (broad SMARTS) is 1. The van der Waals surface area contributed by atoms with Crippen molar-refractivity contribution in [3.05, 3.63) is 29.8 Å². The van der Waals surface area contributed by atoms with Gasteiger partial charge in [0, 0.05) is 14.7 Å². The van der Waals surface area contributed by atoms with Gasteiger partial charge in [-0.3, -0.25) is 4.79 Å². The van der Waals surface area contributed by atoms with E-state index in [-0.39, 0.29) is 5.75 Å². The third kappa shape index (κ3) is 3.61. The normalized spacial score (nSPS) is 14.7. The maximum Gasteiger partial charge on any atom is 0.326 e. The number of benzene rings is 1. The zero-order valence-electron chi connectivity index (χ0n) is 9.68. The number of carbonyl (C=O) groups is 2. The molecule has 1 rings (SSSR count). The Morgan fingerprint density at radius 1 is 1.56 bits per heavy atom. The lowest BCUT2D eigenvalue weighted by molar-refractivity contribution is -0.141. The number of phenolic OH excluding ortho intramolecular Hbond substituents is 1. The van der Waals surface area contributed by atoms with Crippen LogP contribution in [0, 0.1) is 0 Å². The van der Waals surface area contributed by atoms with Gasteiger partial charge in [-0.2, -0.15) is 0 Å². The molecule has 0 heterocycles. The number of amides is 1. The lowest BCUT2D eigenvalue weighted by atomic mass is 10.1. The molecule has 16 heavy (non-hydrogen) atoms. The van der Waals surface area contributed by atoms with Crippen LogP contribution in [0.4, 0.5) is 0 Å². The van der Waals surface area contributed by atoms with Gasteiger partial charge in [-0.1, -0.05) is 12.1 Å². The number of aromatic hydroxyl groups is 1. The van der Waals surface area contributed by atoms with Gasteiger partial charge in [0.25, 0.3) is 0 Å². The zero-order valence-corrected chi connectivity index (χ0v) is 8.68. The van der Waals surface area contributed by atoms with Crippen molar-refractivity contribution in [3.8, 4) is 5.75 Å². The summed E-state index contributed by atoms with van der Waals surface area (Å²) in [6, 6.07) is 4.42. The summed E-state index contributed by atoms with van der Waals surface area (Å²) in [4.78, 5) is 21.8. The summed E-state index contributed by atoms with van der Waals surface area (Å²) < 4.78 is 7.78. The predicted octanol–water partition coefficient (Wildman–Crippen LogP) is 0.524. The molecule has 0 aliphatic heterocycles. The van der Waals surface area contributed by atoms with E-state index in [1.165, 1.54) is 31.2 Å². The SMILES string of the molecule is [2H][C@@H](c1cccc(O)c1)[C@H](NC(C)=O)C(=O)O. The fourth-order valence-electron chi connectivity index (χ4n) is 1.21. The van der Waals surface area contributed by atoms with Crippen molar-refractivity contribution in [2.45, 2.75) is 19.4 Å². The highest BCUT2D eigenvalue weighted by Crippen LogP contribution is 2.12. The Balaban J connectivity index is 2.95. The van der Waals surface area contributed by atoms with Crippen LogP contribution in [0.3, 0.4) is 0 Å². The fraction of sp³-hybridized carbons (Fsp3) is 0.273. The van der Waals surface area contributed by atoms with Crippen molar-refractivity contribution in [2.75, 3.05) is 0 Å². The second-order valence-corrected chi connectivity index (χ2v) is 3.28. The fourth-order valence-corrected chi connectivity index (χ4v) is 1.21. The van der Waals surface area contributed by atoms with Gasteiger partial charge in [0.2, 0.25) is 5.91 Å². The lowest BCUT2D eigenvalue weighted by Crippen LogP contribution is -2.41. The number of hydrogen-bond donors (Lipinski definition) is 3. The molecule has 0 spiro atoms. The van der Waals surface area contributed by atoms with Crippen LogP contribution in [0.25, 0.3) is 0 Å². The number of carboxylic acids is 1. The lowest BCUT2D eigenvalue weighted by Gasteiger charge is -2.13. The van der Waals surface area contributed by atoms with E-state index in [2.05, 4.69) is 5.32 Å². The van der Waals surface area contributed by atoms with Gasteiger partial charge >= 0.3 is 5.97 Å². The van der Waals surface area contributed by atoms with Gasteiger partial charge in [0.05, 0.1) is 0 Å². The van der Waals surface area contributed by atoms with E-state index >= 15 is 0 Å². The first-order chi connectivity index (χ1) is 7.91. The van der Waals surface area contributed by atoms with Crippen LogP contribution in [0.5, 0.6) is 5.75 Å². The average molecular weight is 224 g/mol. The quantitative estimate of drug-likeness (QED) is 0.696. The van der Waals surface area contributed by atoms with E-state index in [0.29, 0.717) is 5.56 Å². The molecule has 2 atom stereocenters. The molecular weight excluding hydrogens is 210 g/mol. The van der Waals surface area contributed by atoms with Crippen LogP contribution in [-0.4, -0.2) is 28.1 Å². The molecule has 1 aromatic rings. The van der Waals surface area contributed by atoms with Crippen LogP contribution in [-0.2, 0) is 16.0 Å².